The van der Waals surface area contributed by atoms with Gasteiger partial charge in [-0.3, -0.25) is 14.5 Å². The molecule has 2 aromatic heterocycles. The number of amides is 1. The fourth-order valence-corrected chi connectivity index (χ4v) is 8.11. The van der Waals surface area contributed by atoms with Gasteiger partial charge in [0.25, 0.3) is 5.91 Å². The monoisotopic (exact) mass is 673 g/mol. The van der Waals surface area contributed by atoms with E-state index in [0.29, 0.717) is 60.7 Å². The van der Waals surface area contributed by atoms with Crippen LogP contribution in [0.3, 0.4) is 0 Å². The number of nitrogens with one attached hydrogen (secondary N) is 2. The number of hydrogen-bond acceptors (Lipinski definition) is 8. The summed E-state index contributed by atoms with van der Waals surface area (Å²) >= 11 is 0.954. The van der Waals surface area contributed by atoms with E-state index in [9.17, 15) is 24.2 Å². The van der Waals surface area contributed by atoms with Crippen LogP contribution < -0.4 is 10.2 Å². The van der Waals surface area contributed by atoms with E-state index in [4.69, 9.17) is 4.74 Å². The molecular weight excluding hydrogens is 633 g/mol. The Morgan fingerprint density at radius 3 is 2.71 bits per heavy atom. The molecule has 252 valence electrons. The van der Waals surface area contributed by atoms with E-state index in [1.54, 1.807) is 18.2 Å². The van der Waals surface area contributed by atoms with Crippen molar-refractivity contribution in [1.82, 2.24) is 24.7 Å². The van der Waals surface area contributed by atoms with Crippen LogP contribution >= 0.6 is 11.3 Å². The van der Waals surface area contributed by atoms with Crippen molar-refractivity contribution in [2.75, 3.05) is 45.9 Å². The molecule has 0 bridgehead atoms. The fraction of sp³-hybridized carbons (Fsp3) is 0.389. The molecule has 7 rings (SSSR count). The maximum Gasteiger partial charge on any atom is 0.305 e. The molecule has 4 heterocycles. The highest BCUT2D eigenvalue weighted by atomic mass is 32.1. The van der Waals surface area contributed by atoms with Crippen molar-refractivity contribution in [2.45, 2.75) is 37.5 Å². The summed E-state index contributed by atoms with van der Waals surface area (Å²) in [6, 6.07) is 18.3. The second-order valence-electron chi connectivity index (χ2n) is 13.0. The quantitative estimate of drug-likeness (QED) is 0.172. The van der Waals surface area contributed by atoms with Gasteiger partial charge >= 0.3 is 4.87 Å². The number of morpholine rings is 1. The van der Waals surface area contributed by atoms with Gasteiger partial charge in [-0.05, 0) is 67.3 Å². The Bertz CT molecular complexity index is 2010. The first-order valence-corrected chi connectivity index (χ1v) is 17.2. The molecule has 1 amide bonds. The Hall–Kier alpha value is -4.07. The number of aromatic nitrogens is 2. The van der Waals surface area contributed by atoms with Gasteiger partial charge in [-0.2, -0.15) is 0 Å². The minimum Gasteiger partial charge on any atom is -0.506 e. The Morgan fingerprint density at radius 2 is 1.90 bits per heavy atom. The topological polar surface area (TPSA) is 123 Å². The number of para-hydroxylation sites is 1. The highest BCUT2D eigenvalue weighted by Crippen LogP contribution is 2.33. The largest absolute Gasteiger partial charge is 0.506 e. The molecule has 1 spiro atoms. The Balaban J connectivity index is 0.913. The van der Waals surface area contributed by atoms with Crippen molar-refractivity contribution in [3.8, 4) is 5.75 Å². The zero-order valence-corrected chi connectivity index (χ0v) is 27.7. The van der Waals surface area contributed by atoms with Crippen molar-refractivity contribution in [3.63, 3.8) is 0 Å². The number of ether oxygens (including phenoxy) is 1. The number of phenolic OH excluding ortho intramolecular Hbond substituents is 1. The lowest BCUT2D eigenvalue weighted by Crippen LogP contribution is -2.58. The number of fused-ring (bicyclic) bond motifs is 2. The molecule has 2 aliphatic heterocycles. The molecular formula is C36H40FN5O5S. The Kier molecular flexibility index (Phi) is 9.10. The SMILES string of the molecule is Cn1c(C(=O)N2CCOC3(CCN(Cc4cc(F)cc(CCNC[C@H](O)c5ccc(O)c6[nH]c(=O)sc56)c4)CC3)C2)cc2ccccc21. The van der Waals surface area contributed by atoms with Crippen LogP contribution in [0.4, 0.5) is 4.39 Å². The normalized spacial score (nSPS) is 17.4. The molecule has 2 fully saturated rings. The first kappa shape index (κ1) is 32.5. The second-order valence-corrected chi connectivity index (χ2v) is 14.0. The lowest BCUT2D eigenvalue weighted by atomic mass is 9.89. The van der Waals surface area contributed by atoms with Crippen LogP contribution in [0.25, 0.3) is 21.1 Å². The van der Waals surface area contributed by atoms with Gasteiger partial charge in [0.05, 0.1) is 29.6 Å². The van der Waals surface area contributed by atoms with Gasteiger partial charge in [0.1, 0.15) is 22.8 Å². The first-order valence-electron chi connectivity index (χ1n) is 16.4. The summed E-state index contributed by atoms with van der Waals surface area (Å²) < 4.78 is 23.5. The van der Waals surface area contributed by atoms with Crippen LogP contribution in [0, 0.1) is 5.82 Å². The minimum atomic E-state index is -0.873. The van der Waals surface area contributed by atoms with E-state index in [0.717, 1.165) is 59.3 Å². The number of thiazole rings is 1. The third-order valence-corrected chi connectivity index (χ3v) is 10.7. The number of hydrogen-bond donors (Lipinski definition) is 4. The molecule has 4 N–H and O–H groups in total. The van der Waals surface area contributed by atoms with E-state index >= 15 is 0 Å². The number of aryl methyl sites for hydroxylation is 1. The zero-order valence-electron chi connectivity index (χ0n) is 26.9. The van der Waals surface area contributed by atoms with E-state index < -0.39 is 6.10 Å². The molecule has 0 unspecified atom stereocenters. The minimum absolute atomic E-state index is 0.0311. The van der Waals surface area contributed by atoms with Crippen LogP contribution in [0.5, 0.6) is 5.75 Å². The molecule has 5 aromatic rings. The number of halogens is 1. The van der Waals surface area contributed by atoms with Crippen molar-refractivity contribution >= 4 is 38.4 Å². The number of aromatic amines is 1. The van der Waals surface area contributed by atoms with E-state index in [-0.39, 0.29) is 34.5 Å². The molecule has 2 saturated heterocycles. The summed E-state index contributed by atoms with van der Waals surface area (Å²) in [7, 11) is 1.94. The number of carbonyl (C=O) groups excluding carboxylic acids is 1. The lowest BCUT2D eigenvalue weighted by molar-refractivity contribution is -0.128. The molecule has 12 heteroatoms. The van der Waals surface area contributed by atoms with Gasteiger partial charge in [-0.15, -0.1) is 0 Å². The van der Waals surface area contributed by atoms with Crippen molar-refractivity contribution in [1.29, 1.82) is 0 Å². The van der Waals surface area contributed by atoms with Crippen molar-refractivity contribution in [3.05, 3.63) is 98.5 Å². The number of aromatic hydroxyl groups is 1. The number of nitrogens with zero attached hydrogens (tertiary/aromatic N) is 3. The Morgan fingerprint density at radius 1 is 1.10 bits per heavy atom. The number of H-pyrrole nitrogens is 1. The summed E-state index contributed by atoms with van der Waals surface area (Å²) in [6.45, 7) is 4.64. The predicted molar refractivity (Wildman–Crippen MR) is 184 cm³/mol. The van der Waals surface area contributed by atoms with E-state index in [1.807, 2.05) is 52.9 Å². The van der Waals surface area contributed by atoms with Gasteiger partial charge in [-0.25, -0.2) is 4.39 Å². The standard InChI is InChI=1S/C36H40FN5O5S/c1-40-28-5-3-2-4-25(28)19-29(40)34(45)42-14-15-47-36(22-42)9-12-41(13-10-36)21-24-16-23(17-26(37)18-24)8-11-38-20-31(44)27-6-7-30(43)32-33(27)48-35(46)39-32/h2-7,16-19,31,38,43-44H,8-15,20-22H2,1H3,(H,39,46)/t31-/m0/s1. The summed E-state index contributed by atoms with van der Waals surface area (Å²) in [4.78, 5) is 32.0. The molecule has 0 aliphatic carbocycles. The molecule has 1 atom stereocenters. The van der Waals surface area contributed by atoms with Gasteiger partial charge in [0, 0.05) is 56.2 Å². The predicted octanol–water partition coefficient (Wildman–Crippen LogP) is 4.30. The number of aliphatic hydroxyl groups is 1. The first-order chi connectivity index (χ1) is 23.2. The highest BCUT2D eigenvalue weighted by Gasteiger charge is 2.41. The maximum atomic E-state index is 14.7. The summed E-state index contributed by atoms with van der Waals surface area (Å²) in [5, 5.41) is 25.1. The number of phenols is 1. The highest BCUT2D eigenvalue weighted by molar-refractivity contribution is 7.16. The average molecular weight is 674 g/mol. The average Bonchev–Trinajstić information content (AvgIpc) is 3.64. The van der Waals surface area contributed by atoms with Crippen LogP contribution in [-0.2, 0) is 24.8 Å². The number of carbonyl (C=O) groups is 1. The van der Waals surface area contributed by atoms with Gasteiger partial charge < -0.3 is 34.7 Å². The molecule has 0 saturated carbocycles. The van der Waals surface area contributed by atoms with Crippen LogP contribution in [0.1, 0.15) is 46.1 Å². The van der Waals surface area contributed by atoms with Crippen molar-refractivity contribution < 1.29 is 24.1 Å². The third kappa shape index (κ3) is 6.63. The number of aliphatic hydroxyl groups excluding tert-OH is 1. The fourth-order valence-electron chi connectivity index (χ4n) is 7.19. The Labute approximate surface area is 281 Å². The van der Waals surface area contributed by atoms with Crippen LogP contribution in [0.2, 0.25) is 0 Å². The lowest BCUT2D eigenvalue weighted by Gasteiger charge is -2.47. The number of rotatable bonds is 9. The number of benzene rings is 3. The molecule has 48 heavy (non-hydrogen) atoms. The third-order valence-electron chi connectivity index (χ3n) is 9.77. The van der Waals surface area contributed by atoms with Gasteiger partial charge in [0.15, 0.2) is 0 Å². The summed E-state index contributed by atoms with van der Waals surface area (Å²) in [5.41, 5.74) is 4.03. The second kappa shape index (κ2) is 13.4. The molecule has 0 radical (unpaired) electrons. The number of piperidine rings is 1. The summed E-state index contributed by atoms with van der Waals surface area (Å²) in [5.74, 6) is -0.272. The smallest absolute Gasteiger partial charge is 0.305 e. The molecule has 10 nitrogen and oxygen atoms in total. The van der Waals surface area contributed by atoms with Crippen molar-refractivity contribution in [2.24, 2.45) is 7.05 Å². The summed E-state index contributed by atoms with van der Waals surface area (Å²) in [6.07, 6.45) is 1.31. The number of likely N-dealkylation sites (tertiary alicyclic amines) is 1. The van der Waals surface area contributed by atoms with Gasteiger partial charge in [0.2, 0.25) is 0 Å². The van der Waals surface area contributed by atoms with E-state index in [1.165, 1.54) is 6.07 Å². The molecule has 3 aromatic carbocycles. The molecule has 2 aliphatic rings. The van der Waals surface area contributed by atoms with Crippen LogP contribution in [-0.4, -0.2) is 86.9 Å². The van der Waals surface area contributed by atoms with E-state index in [2.05, 4.69) is 15.2 Å². The van der Waals surface area contributed by atoms with Crippen LogP contribution in [0.15, 0.2) is 65.5 Å². The zero-order chi connectivity index (χ0) is 33.4. The van der Waals surface area contributed by atoms with Gasteiger partial charge in [-0.1, -0.05) is 41.7 Å². The maximum absolute atomic E-state index is 14.7.